The molecular weight excluding hydrogens is 463 g/mol. The van der Waals surface area contributed by atoms with Crippen molar-refractivity contribution in [3.8, 4) is 0 Å². The molecule has 0 spiro atoms. The Morgan fingerprint density at radius 3 is 2.52 bits per heavy atom. The van der Waals surface area contributed by atoms with E-state index in [1.54, 1.807) is 14.0 Å². The monoisotopic (exact) mass is 490 g/mol. The number of rotatable bonds is 3. The Morgan fingerprint density at radius 2 is 2.04 bits per heavy atom. The minimum Gasteiger partial charge on any atom is -0.361 e. The van der Waals surface area contributed by atoms with E-state index >= 15 is 0 Å². The van der Waals surface area contributed by atoms with E-state index in [1.807, 2.05) is 13.8 Å². The van der Waals surface area contributed by atoms with Gasteiger partial charge in [-0.25, -0.2) is 4.79 Å². The van der Waals surface area contributed by atoms with Gasteiger partial charge in [0.1, 0.15) is 11.3 Å². The molecular formula is C17H27IN6O3. The maximum Gasteiger partial charge on any atom is 0.322 e. The summed E-state index contributed by atoms with van der Waals surface area (Å²) in [4.78, 5) is 30.1. The first-order valence-corrected chi connectivity index (χ1v) is 8.86. The van der Waals surface area contributed by atoms with E-state index in [-0.39, 0.29) is 35.8 Å². The number of piperidine rings is 1. The zero-order chi connectivity index (χ0) is 18.9. The van der Waals surface area contributed by atoms with Gasteiger partial charge in [-0.05, 0) is 39.5 Å². The lowest BCUT2D eigenvalue weighted by molar-refractivity contribution is -0.125. The standard InChI is InChI=1S/C17H26N6O3.HI/c1-10-13(11(2)26-22-10)9-19-15(18-4)23-7-5-12(6-8-23)17(3)14(24)20-16(25)21-17;/h12H,5-9H2,1-4H3,(H,18,19)(H2,20,21,24,25);1H. The summed E-state index contributed by atoms with van der Waals surface area (Å²) in [5.74, 6) is 1.49. The number of carbonyl (C=O) groups is 2. The van der Waals surface area contributed by atoms with Gasteiger partial charge in [0.25, 0.3) is 5.91 Å². The Bertz CT molecular complexity index is 722. The van der Waals surface area contributed by atoms with Crippen molar-refractivity contribution in [2.45, 2.75) is 45.7 Å². The van der Waals surface area contributed by atoms with Crippen molar-refractivity contribution in [2.75, 3.05) is 20.1 Å². The number of imide groups is 1. The maximum absolute atomic E-state index is 12.1. The number of nitrogens with one attached hydrogen (secondary N) is 3. The number of nitrogens with zero attached hydrogens (tertiary/aromatic N) is 3. The van der Waals surface area contributed by atoms with Crippen LogP contribution in [0.15, 0.2) is 9.52 Å². The van der Waals surface area contributed by atoms with E-state index in [0.29, 0.717) is 6.54 Å². The molecule has 2 aliphatic heterocycles. The van der Waals surface area contributed by atoms with E-state index in [2.05, 4.69) is 31.0 Å². The molecule has 1 aromatic heterocycles. The van der Waals surface area contributed by atoms with Gasteiger partial charge < -0.3 is 20.1 Å². The topological polar surface area (TPSA) is 112 Å². The van der Waals surface area contributed by atoms with Gasteiger partial charge in [0.2, 0.25) is 0 Å². The lowest BCUT2D eigenvalue weighted by atomic mass is 9.79. The number of urea groups is 1. The van der Waals surface area contributed by atoms with Crippen molar-refractivity contribution in [1.82, 2.24) is 26.0 Å². The smallest absolute Gasteiger partial charge is 0.322 e. The third-order valence-corrected chi connectivity index (χ3v) is 5.50. The predicted molar refractivity (Wildman–Crippen MR) is 111 cm³/mol. The second kappa shape index (κ2) is 8.44. The molecule has 0 aliphatic carbocycles. The highest BCUT2D eigenvalue weighted by Gasteiger charge is 2.48. The zero-order valence-electron chi connectivity index (χ0n) is 16.1. The highest BCUT2D eigenvalue weighted by atomic mass is 127. The number of aliphatic imine (C=N–C) groups is 1. The largest absolute Gasteiger partial charge is 0.361 e. The predicted octanol–water partition coefficient (Wildman–Crippen LogP) is 1.29. The van der Waals surface area contributed by atoms with Crippen molar-refractivity contribution in [1.29, 1.82) is 0 Å². The van der Waals surface area contributed by atoms with E-state index in [0.717, 1.165) is 48.9 Å². The van der Waals surface area contributed by atoms with Crippen LogP contribution in [0.1, 0.15) is 36.8 Å². The first kappa shape index (κ1) is 21.5. The summed E-state index contributed by atoms with van der Waals surface area (Å²) in [6.07, 6.45) is 1.60. The van der Waals surface area contributed by atoms with Crippen LogP contribution in [-0.2, 0) is 11.3 Å². The third kappa shape index (κ3) is 4.19. The second-order valence-electron chi connectivity index (χ2n) is 7.08. The number of aryl methyl sites for hydroxylation is 2. The molecule has 0 bridgehead atoms. The Morgan fingerprint density at radius 1 is 1.37 bits per heavy atom. The van der Waals surface area contributed by atoms with Crippen molar-refractivity contribution in [3.05, 3.63) is 17.0 Å². The SMILES string of the molecule is CN=C(NCc1c(C)noc1C)N1CCC(C2(C)NC(=O)NC2=O)CC1.I. The Hall–Kier alpha value is -1.85. The van der Waals surface area contributed by atoms with Crippen LogP contribution in [0.4, 0.5) is 4.79 Å². The highest BCUT2D eigenvalue weighted by molar-refractivity contribution is 14.0. The summed E-state index contributed by atoms with van der Waals surface area (Å²) in [6.45, 7) is 7.76. The van der Waals surface area contributed by atoms with Crippen LogP contribution in [0.5, 0.6) is 0 Å². The molecule has 27 heavy (non-hydrogen) atoms. The molecule has 0 saturated carbocycles. The van der Waals surface area contributed by atoms with Crippen molar-refractivity contribution in [3.63, 3.8) is 0 Å². The first-order chi connectivity index (χ1) is 12.3. The summed E-state index contributed by atoms with van der Waals surface area (Å²) < 4.78 is 5.19. The minimum atomic E-state index is -0.823. The van der Waals surface area contributed by atoms with Crippen molar-refractivity contribution in [2.24, 2.45) is 10.9 Å². The zero-order valence-corrected chi connectivity index (χ0v) is 18.4. The van der Waals surface area contributed by atoms with Crippen LogP contribution < -0.4 is 16.0 Å². The van der Waals surface area contributed by atoms with Crippen LogP contribution in [-0.4, -0.2) is 53.6 Å². The van der Waals surface area contributed by atoms with Gasteiger partial charge in [0.05, 0.1) is 5.69 Å². The molecule has 3 rings (SSSR count). The number of aromatic nitrogens is 1. The number of halogens is 1. The molecule has 2 aliphatic rings. The van der Waals surface area contributed by atoms with Crippen molar-refractivity contribution >= 4 is 41.9 Å². The van der Waals surface area contributed by atoms with Crippen LogP contribution in [0.2, 0.25) is 0 Å². The highest BCUT2D eigenvalue weighted by Crippen LogP contribution is 2.30. The number of likely N-dealkylation sites (tertiary alicyclic amines) is 1. The summed E-state index contributed by atoms with van der Waals surface area (Å²) >= 11 is 0. The quantitative estimate of drug-likeness (QED) is 0.255. The van der Waals surface area contributed by atoms with E-state index in [1.165, 1.54) is 0 Å². The van der Waals surface area contributed by atoms with Gasteiger partial charge in [-0.1, -0.05) is 5.16 Å². The van der Waals surface area contributed by atoms with Gasteiger partial charge in [0.15, 0.2) is 5.96 Å². The van der Waals surface area contributed by atoms with Crippen molar-refractivity contribution < 1.29 is 14.1 Å². The molecule has 1 unspecified atom stereocenters. The van der Waals surface area contributed by atoms with Gasteiger partial charge in [-0.15, -0.1) is 24.0 Å². The van der Waals surface area contributed by atoms with Gasteiger partial charge in [-0.2, -0.15) is 0 Å². The van der Waals surface area contributed by atoms with Crippen LogP contribution >= 0.6 is 24.0 Å². The number of amides is 3. The van der Waals surface area contributed by atoms with E-state index in [4.69, 9.17) is 4.52 Å². The first-order valence-electron chi connectivity index (χ1n) is 8.86. The molecule has 1 atom stereocenters. The molecule has 10 heteroatoms. The molecule has 1 aromatic rings. The van der Waals surface area contributed by atoms with E-state index < -0.39 is 11.6 Å². The molecule has 0 radical (unpaired) electrons. The van der Waals surface area contributed by atoms with Gasteiger partial charge >= 0.3 is 6.03 Å². The summed E-state index contributed by atoms with van der Waals surface area (Å²) in [6, 6.07) is -0.406. The lowest BCUT2D eigenvalue weighted by Gasteiger charge is -2.39. The fraction of sp³-hybridized carbons (Fsp3) is 0.647. The fourth-order valence-electron chi connectivity index (χ4n) is 3.77. The second-order valence-corrected chi connectivity index (χ2v) is 7.08. The van der Waals surface area contributed by atoms with E-state index in [9.17, 15) is 9.59 Å². The van der Waals surface area contributed by atoms with Gasteiger partial charge in [-0.3, -0.25) is 15.1 Å². The number of hydrogen-bond donors (Lipinski definition) is 3. The lowest BCUT2D eigenvalue weighted by Crippen LogP contribution is -2.55. The molecule has 3 N–H and O–H groups in total. The number of guanidine groups is 1. The van der Waals surface area contributed by atoms with Crippen LogP contribution in [0.25, 0.3) is 0 Å². The normalized spacial score (nSPS) is 23.7. The molecule has 3 heterocycles. The molecule has 2 saturated heterocycles. The molecule has 150 valence electrons. The molecule has 0 aromatic carbocycles. The Kier molecular flexibility index (Phi) is 6.71. The fourth-order valence-corrected chi connectivity index (χ4v) is 3.77. The third-order valence-electron chi connectivity index (χ3n) is 5.50. The molecule has 2 fully saturated rings. The number of hydrogen-bond acceptors (Lipinski definition) is 5. The van der Waals surface area contributed by atoms with Crippen LogP contribution in [0.3, 0.4) is 0 Å². The molecule has 3 amide bonds. The average molecular weight is 490 g/mol. The summed E-state index contributed by atoms with van der Waals surface area (Å²) in [5, 5.41) is 12.5. The number of carbonyl (C=O) groups excluding carboxylic acids is 2. The average Bonchev–Trinajstić information content (AvgIpc) is 3.08. The molecule has 9 nitrogen and oxygen atoms in total. The summed E-state index contributed by atoms with van der Waals surface area (Å²) in [7, 11) is 1.76. The minimum absolute atomic E-state index is 0. The Balaban J connectivity index is 0.00000261. The van der Waals surface area contributed by atoms with Gasteiger partial charge in [0, 0.05) is 32.2 Å². The maximum atomic E-state index is 12.1. The Labute approximate surface area is 175 Å². The van der Waals surface area contributed by atoms with Crippen LogP contribution in [0, 0.1) is 19.8 Å². The summed E-state index contributed by atoms with van der Waals surface area (Å²) in [5.41, 5.74) is 1.09.